The van der Waals surface area contributed by atoms with Gasteiger partial charge in [-0.05, 0) is 46.3 Å². The summed E-state index contributed by atoms with van der Waals surface area (Å²) >= 11 is 3.10. The molecule has 0 spiro atoms. The number of hydrogen-bond acceptors (Lipinski definition) is 2. The number of benzene rings is 2. The van der Waals surface area contributed by atoms with E-state index in [-0.39, 0.29) is 16.9 Å². The van der Waals surface area contributed by atoms with Crippen molar-refractivity contribution in [2.45, 2.75) is 6.18 Å². The Morgan fingerprint density at radius 1 is 1.14 bits per heavy atom. The van der Waals surface area contributed by atoms with E-state index in [1.807, 2.05) is 0 Å². The second kappa shape index (κ2) is 5.77. The van der Waals surface area contributed by atoms with Crippen LogP contribution in [-0.4, -0.2) is 5.91 Å². The lowest BCUT2D eigenvalue weighted by Gasteiger charge is -2.12. The van der Waals surface area contributed by atoms with Crippen LogP contribution in [0, 0.1) is 0 Å². The molecule has 21 heavy (non-hydrogen) atoms. The van der Waals surface area contributed by atoms with Crippen LogP contribution in [0.5, 0.6) is 0 Å². The van der Waals surface area contributed by atoms with Crippen molar-refractivity contribution in [1.29, 1.82) is 0 Å². The number of anilines is 2. The molecule has 0 saturated carbocycles. The zero-order valence-corrected chi connectivity index (χ0v) is 12.1. The molecule has 0 aliphatic heterocycles. The smallest absolute Gasteiger partial charge is 0.398 e. The van der Waals surface area contributed by atoms with Crippen LogP contribution < -0.4 is 11.1 Å². The Kier molecular flexibility index (Phi) is 4.22. The van der Waals surface area contributed by atoms with Gasteiger partial charge in [0.1, 0.15) is 0 Å². The number of para-hydroxylation sites is 1. The molecule has 0 atom stereocenters. The molecule has 2 aromatic carbocycles. The molecule has 3 nitrogen and oxygen atoms in total. The molecule has 3 N–H and O–H groups in total. The summed E-state index contributed by atoms with van der Waals surface area (Å²) in [4.78, 5) is 12.1. The summed E-state index contributed by atoms with van der Waals surface area (Å²) in [5.74, 6) is -0.576. The van der Waals surface area contributed by atoms with Crippen LogP contribution >= 0.6 is 15.9 Å². The van der Waals surface area contributed by atoms with Crippen LogP contribution in [0.2, 0.25) is 0 Å². The molecule has 7 heteroatoms. The second-order valence-electron chi connectivity index (χ2n) is 4.23. The second-order valence-corrected chi connectivity index (χ2v) is 5.09. The Morgan fingerprint density at radius 3 is 2.43 bits per heavy atom. The minimum Gasteiger partial charge on any atom is -0.398 e. The Bertz CT molecular complexity index is 686. The molecular weight excluding hydrogens is 349 g/mol. The van der Waals surface area contributed by atoms with Gasteiger partial charge in [-0.1, -0.05) is 12.1 Å². The average molecular weight is 359 g/mol. The van der Waals surface area contributed by atoms with Crippen LogP contribution in [0.1, 0.15) is 15.9 Å². The van der Waals surface area contributed by atoms with E-state index < -0.39 is 17.6 Å². The van der Waals surface area contributed by atoms with Crippen LogP contribution in [0.25, 0.3) is 0 Å². The van der Waals surface area contributed by atoms with Crippen LogP contribution in [0.3, 0.4) is 0 Å². The summed E-state index contributed by atoms with van der Waals surface area (Å²) < 4.78 is 38.4. The first kappa shape index (κ1) is 15.4. The van der Waals surface area contributed by atoms with Gasteiger partial charge in [-0.3, -0.25) is 4.79 Å². The van der Waals surface area contributed by atoms with Crippen molar-refractivity contribution in [2.24, 2.45) is 0 Å². The molecule has 0 saturated heterocycles. The van der Waals surface area contributed by atoms with Gasteiger partial charge in [0.05, 0.1) is 16.8 Å². The maximum Gasteiger partial charge on any atom is 0.416 e. The average Bonchev–Trinajstić information content (AvgIpc) is 2.40. The standard InChI is InChI=1S/C14H10BrF3N2O/c15-10-6-5-8(14(16,17)18)7-12(10)20-13(21)9-3-1-2-4-11(9)19/h1-7H,19H2,(H,20,21). The Labute approximate surface area is 127 Å². The summed E-state index contributed by atoms with van der Waals surface area (Å²) in [6, 6.07) is 9.32. The Hall–Kier alpha value is -2.02. The van der Waals surface area contributed by atoms with Crippen LogP contribution in [0.4, 0.5) is 24.5 Å². The summed E-state index contributed by atoms with van der Waals surface area (Å²) in [6.07, 6.45) is -4.48. The highest BCUT2D eigenvalue weighted by Gasteiger charge is 2.31. The molecule has 0 heterocycles. The normalized spacial score (nSPS) is 11.2. The van der Waals surface area contributed by atoms with E-state index in [9.17, 15) is 18.0 Å². The first-order valence-electron chi connectivity index (χ1n) is 5.81. The molecule has 0 bridgehead atoms. The van der Waals surface area contributed by atoms with Gasteiger partial charge in [0.2, 0.25) is 0 Å². The Morgan fingerprint density at radius 2 is 1.81 bits per heavy atom. The van der Waals surface area contributed by atoms with E-state index in [4.69, 9.17) is 5.73 Å². The molecule has 1 amide bonds. The summed E-state index contributed by atoms with van der Waals surface area (Å²) in [5, 5.41) is 2.41. The van der Waals surface area contributed by atoms with Crippen molar-refractivity contribution in [1.82, 2.24) is 0 Å². The third kappa shape index (κ3) is 3.55. The third-order valence-corrected chi connectivity index (χ3v) is 3.44. The summed E-state index contributed by atoms with van der Waals surface area (Å²) in [7, 11) is 0. The highest BCUT2D eigenvalue weighted by molar-refractivity contribution is 9.10. The summed E-state index contributed by atoms with van der Waals surface area (Å²) in [5.41, 5.74) is 5.28. The van der Waals surface area contributed by atoms with Crippen LogP contribution in [0.15, 0.2) is 46.9 Å². The van der Waals surface area contributed by atoms with E-state index >= 15 is 0 Å². The van der Waals surface area contributed by atoms with Gasteiger partial charge in [-0.2, -0.15) is 13.2 Å². The molecule has 0 aliphatic carbocycles. The number of halogens is 4. The lowest BCUT2D eigenvalue weighted by atomic mass is 10.1. The lowest BCUT2D eigenvalue weighted by molar-refractivity contribution is -0.137. The fourth-order valence-corrected chi connectivity index (χ4v) is 2.04. The van der Waals surface area contributed by atoms with Crippen molar-refractivity contribution in [3.63, 3.8) is 0 Å². The zero-order valence-electron chi connectivity index (χ0n) is 10.5. The number of nitrogen functional groups attached to an aromatic ring is 1. The lowest BCUT2D eigenvalue weighted by Crippen LogP contribution is -2.15. The van der Waals surface area contributed by atoms with Gasteiger partial charge in [-0.25, -0.2) is 0 Å². The number of nitrogens with one attached hydrogen (secondary N) is 1. The van der Waals surface area contributed by atoms with Gasteiger partial charge in [0.15, 0.2) is 0 Å². The van der Waals surface area contributed by atoms with E-state index in [2.05, 4.69) is 21.2 Å². The van der Waals surface area contributed by atoms with Crippen molar-refractivity contribution in [2.75, 3.05) is 11.1 Å². The van der Waals surface area contributed by atoms with Crippen LogP contribution in [-0.2, 0) is 6.18 Å². The topological polar surface area (TPSA) is 55.1 Å². The van der Waals surface area contributed by atoms with Gasteiger partial charge >= 0.3 is 6.18 Å². The van der Waals surface area contributed by atoms with Crippen molar-refractivity contribution in [3.05, 3.63) is 58.1 Å². The van der Waals surface area contributed by atoms with Gasteiger partial charge < -0.3 is 11.1 Å². The predicted molar refractivity (Wildman–Crippen MR) is 78.0 cm³/mol. The van der Waals surface area contributed by atoms with Crippen molar-refractivity contribution >= 4 is 33.2 Å². The highest BCUT2D eigenvalue weighted by Crippen LogP contribution is 2.34. The van der Waals surface area contributed by atoms with Crippen molar-refractivity contribution < 1.29 is 18.0 Å². The molecule has 2 rings (SSSR count). The minimum absolute atomic E-state index is 0.0260. The molecule has 0 unspecified atom stereocenters. The number of alkyl halides is 3. The Balaban J connectivity index is 2.31. The highest BCUT2D eigenvalue weighted by atomic mass is 79.9. The molecule has 0 aromatic heterocycles. The fraction of sp³-hybridized carbons (Fsp3) is 0.0714. The summed E-state index contributed by atoms with van der Waals surface area (Å²) in [6.45, 7) is 0. The van der Waals surface area contributed by atoms with Crippen molar-refractivity contribution in [3.8, 4) is 0 Å². The maximum atomic E-state index is 12.7. The number of amides is 1. The monoisotopic (exact) mass is 358 g/mol. The molecule has 2 aromatic rings. The van der Waals surface area contributed by atoms with Gasteiger partial charge in [-0.15, -0.1) is 0 Å². The number of carbonyl (C=O) groups excluding carboxylic acids is 1. The van der Waals surface area contributed by atoms with E-state index in [0.717, 1.165) is 12.1 Å². The molecule has 0 fully saturated rings. The van der Waals surface area contributed by atoms with E-state index in [1.165, 1.54) is 18.2 Å². The van der Waals surface area contributed by atoms with Gasteiger partial charge in [0.25, 0.3) is 5.91 Å². The number of hydrogen-bond donors (Lipinski definition) is 2. The maximum absolute atomic E-state index is 12.7. The minimum atomic E-state index is -4.48. The SMILES string of the molecule is Nc1ccccc1C(=O)Nc1cc(C(F)(F)F)ccc1Br. The quantitative estimate of drug-likeness (QED) is 0.786. The fourth-order valence-electron chi connectivity index (χ4n) is 1.69. The molecule has 110 valence electrons. The largest absolute Gasteiger partial charge is 0.416 e. The zero-order chi connectivity index (χ0) is 15.6. The predicted octanol–water partition coefficient (Wildman–Crippen LogP) is 4.30. The first-order valence-corrected chi connectivity index (χ1v) is 6.61. The van der Waals surface area contributed by atoms with Gasteiger partial charge in [0, 0.05) is 10.2 Å². The first-order chi connectivity index (χ1) is 9.79. The van der Waals surface area contributed by atoms with E-state index in [0.29, 0.717) is 4.47 Å². The molecular formula is C14H10BrF3N2O. The van der Waals surface area contributed by atoms with E-state index in [1.54, 1.807) is 12.1 Å². The third-order valence-electron chi connectivity index (χ3n) is 2.75. The number of nitrogens with two attached hydrogens (primary N) is 1. The molecule has 0 aliphatic rings. The number of carbonyl (C=O) groups is 1. The number of rotatable bonds is 2. The molecule has 0 radical (unpaired) electrons.